The molecule has 0 aliphatic carbocycles. The Hall–Kier alpha value is -3.22. The Balaban J connectivity index is 1.53. The van der Waals surface area contributed by atoms with E-state index in [0.717, 1.165) is 23.8 Å². The molecule has 7 heteroatoms. The Kier molecular flexibility index (Phi) is 4.12. The van der Waals surface area contributed by atoms with E-state index in [1.165, 1.54) is 0 Å². The van der Waals surface area contributed by atoms with E-state index >= 15 is 0 Å². The number of imidazole rings is 2. The van der Waals surface area contributed by atoms with Gasteiger partial charge in [0.2, 0.25) is 5.89 Å². The van der Waals surface area contributed by atoms with E-state index in [4.69, 9.17) is 4.52 Å². The third kappa shape index (κ3) is 3.21. The highest BCUT2D eigenvalue weighted by molar-refractivity contribution is 5.44. The van der Waals surface area contributed by atoms with Gasteiger partial charge < -0.3 is 13.7 Å². The molecule has 0 aliphatic heterocycles. The predicted octanol–water partition coefficient (Wildman–Crippen LogP) is 2.79. The number of nitrogens with zero attached hydrogens (tertiary/aromatic N) is 6. The summed E-state index contributed by atoms with van der Waals surface area (Å²) in [4.78, 5) is 13.3. The first kappa shape index (κ1) is 15.3. The molecule has 0 atom stereocenters. The van der Waals surface area contributed by atoms with E-state index in [9.17, 15) is 0 Å². The third-order valence-electron chi connectivity index (χ3n) is 3.99. The van der Waals surface area contributed by atoms with Crippen LogP contribution in [-0.2, 0) is 19.5 Å². The molecule has 0 fully saturated rings. The van der Waals surface area contributed by atoms with Crippen LogP contribution in [0.2, 0.25) is 0 Å². The van der Waals surface area contributed by atoms with Gasteiger partial charge in [-0.3, -0.25) is 0 Å². The smallest absolute Gasteiger partial charge is 0.231 e. The Labute approximate surface area is 145 Å². The number of hydrogen-bond acceptors (Lipinski definition) is 5. The molecule has 0 amide bonds. The van der Waals surface area contributed by atoms with Crippen LogP contribution in [0.15, 0.2) is 59.6 Å². The monoisotopic (exact) mass is 334 g/mol. The van der Waals surface area contributed by atoms with Gasteiger partial charge >= 0.3 is 0 Å². The van der Waals surface area contributed by atoms with Gasteiger partial charge in [0.15, 0.2) is 17.5 Å². The fourth-order valence-corrected chi connectivity index (χ4v) is 2.76. The van der Waals surface area contributed by atoms with Crippen LogP contribution < -0.4 is 0 Å². The summed E-state index contributed by atoms with van der Waals surface area (Å²) in [6.45, 7) is 3.41. The molecule has 0 spiro atoms. The van der Waals surface area contributed by atoms with Gasteiger partial charge in [-0.15, -0.1) is 0 Å². The maximum absolute atomic E-state index is 5.38. The van der Waals surface area contributed by atoms with Crippen molar-refractivity contribution in [2.45, 2.75) is 26.4 Å². The van der Waals surface area contributed by atoms with Crippen molar-refractivity contribution in [3.63, 3.8) is 0 Å². The lowest BCUT2D eigenvalue weighted by Crippen LogP contribution is -2.06. The second-order valence-electron chi connectivity index (χ2n) is 5.68. The van der Waals surface area contributed by atoms with E-state index in [0.29, 0.717) is 24.7 Å². The SMILES string of the molecule is CCn1ccnc1-c1nccn1Cc1noc(Cc2ccccc2)n1. The Morgan fingerprint density at radius 1 is 0.960 bits per heavy atom. The number of benzene rings is 1. The minimum Gasteiger partial charge on any atom is -0.339 e. The molecule has 0 N–H and O–H groups in total. The van der Waals surface area contributed by atoms with Crippen LogP contribution in [0.1, 0.15) is 24.2 Å². The van der Waals surface area contributed by atoms with E-state index in [1.807, 2.05) is 47.3 Å². The molecular weight excluding hydrogens is 316 g/mol. The lowest BCUT2D eigenvalue weighted by atomic mass is 10.1. The van der Waals surface area contributed by atoms with E-state index in [2.05, 4.69) is 31.6 Å². The van der Waals surface area contributed by atoms with Gasteiger partial charge in [0.25, 0.3) is 0 Å². The minimum absolute atomic E-state index is 0.490. The van der Waals surface area contributed by atoms with Crippen molar-refractivity contribution in [3.05, 3.63) is 72.4 Å². The zero-order chi connectivity index (χ0) is 17.1. The van der Waals surface area contributed by atoms with Crippen molar-refractivity contribution in [1.82, 2.24) is 29.2 Å². The highest BCUT2D eigenvalue weighted by atomic mass is 16.5. The Morgan fingerprint density at radius 3 is 2.44 bits per heavy atom. The summed E-state index contributed by atoms with van der Waals surface area (Å²) in [5.41, 5.74) is 1.14. The summed E-state index contributed by atoms with van der Waals surface area (Å²) < 4.78 is 9.41. The highest BCUT2D eigenvalue weighted by Gasteiger charge is 2.14. The lowest BCUT2D eigenvalue weighted by molar-refractivity contribution is 0.378. The van der Waals surface area contributed by atoms with Gasteiger partial charge in [0.05, 0.1) is 13.0 Å². The predicted molar refractivity (Wildman–Crippen MR) is 91.8 cm³/mol. The molecule has 7 nitrogen and oxygen atoms in total. The van der Waals surface area contributed by atoms with Crippen LogP contribution >= 0.6 is 0 Å². The molecule has 4 aromatic rings. The quantitative estimate of drug-likeness (QED) is 0.542. The molecule has 25 heavy (non-hydrogen) atoms. The van der Waals surface area contributed by atoms with Crippen molar-refractivity contribution in [3.8, 4) is 11.6 Å². The number of aryl methyl sites for hydroxylation is 1. The number of rotatable bonds is 6. The van der Waals surface area contributed by atoms with Crippen LogP contribution in [0.25, 0.3) is 11.6 Å². The van der Waals surface area contributed by atoms with Gasteiger partial charge in [0, 0.05) is 31.3 Å². The summed E-state index contributed by atoms with van der Waals surface area (Å²) >= 11 is 0. The topological polar surface area (TPSA) is 74.6 Å². The van der Waals surface area contributed by atoms with Crippen LogP contribution in [0, 0.1) is 0 Å². The van der Waals surface area contributed by atoms with Crippen molar-refractivity contribution >= 4 is 0 Å². The van der Waals surface area contributed by atoms with Crippen molar-refractivity contribution in [2.75, 3.05) is 0 Å². The summed E-state index contributed by atoms with van der Waals surface area (Å²) in [6, 6.07) is 10.1. The molecule has 0 bridgehead atoms. The van der Waals surface area contributed by atoms with Gasteiger partial charge in [0.1, 0.15) is 0 Å². The molecule has 0 saturated carbocycles. The largest absolute Gasteiger partial charge is 0.339 e. The molecule has 126 valence electrons. The van der Waals surface area contributed by atoms with Crippen molar-refractivity contribution in [2.24, 2.45) is 0 Å². The minimum atomic E-state index is 0.490. The maximum Gasteiger partial charge on any atom is 0.231 e. The first-order valence-corrected chi connectivity index (χ1v) is 8.21. The van der Waals surface area contributed by atoms with Crippen LogP contribution in [0.3, 0.4) is 0 Å². The fraction of sp³-hybridized carbons (Fsp3) is 0.222. The van der Waals surface area contributed by atoms with Crippen LogP contribution in [0.5, 0.6) is 0 Å². The summed E-state index contributed by atoms with van der Waals surface area (Å²) in [7, 11) is 0. The molecule has 3 heterocycles. The molecule has 0 aliphatic rings. The van der Waals surface area contributed by atoms with Crippen molar-refractivity contribution in [1.29, 1.82) is 0 Å². The van der Waals surface area contributed by atoms with Gasteiger partial charge in [-0.2, -0.15) is 4.98 Å². The molecule has 0 unspecified atom stereocenters. The first-order valence-electron chi connectivity index (χ1n) is 8.21. The Morgan fingerprint density at radius 2 is 1.68 bits per heavy atom. The molecule has 4 rings (SSSR count). The van der Waals surface area contributed by atoms with Gasteiger partial charge in [-0.1, -0.05) is 35.5 Å². The normalized spacial score (nSPS) is 11.1. The molecular formula is C18H18N6O. The van der Waals surface area contributed by atoms with Crippen molar-refractivity contribution < 1.29 is 4.52 Å². The highest BCUT2D eigenvalue weighted by Crippen LogP contribution is 2.17. The maximum atomic E-state index is 5.38. The standard InChI is InChI=1S/C18H18N6O/c1-2-23-10-8-19-17(23)18-20-9-11-24(18)13-15-21-16(25-22-15)12-14-6-4-3-5-7-14/h3-11H,2,12-13H2,1H3. The van der Waals surface area contributed by atoms with Crippen LogP contribution in [0.4, 0.5) is 0 Å². The zero-order valence-corrected chi connectivity index (χ0v) is 13.9. The second kappa shape index (κ2) is 6.72. The Bertz CT molecular complexity index is 953. The number of hydrogen-bond donors (Lipinski definition) is 0. The third-order valence-corrected chi connectivity index (χ3v) is 3.99. The molecule has 0 radical (unpaired) electrons. The average molecular weight is 334 g/mol. The molecule has 3 aromatic heterocycles. The van der Waals surface area contributed by atoms with Crippen LogP contribution in [-0.4, -0.2) is 29.2 Å². The van der Waals surface area contributed by atoms with E-state index in [-0.39, 0.29) is 0 Å². The van der Waals surface area contributed by atoms with Gasteiger partial charge in [-0.05, 0) is 12.5 Å². The summed E-state index contributed by atoms with van der Waals surface area (Å²) in [6.07, 6.45) is 8.02. The molecule has 1 aromatic carbocycles. The second-order valence-corrected chi connectivity index (χ2v) is 5.68. The zero-order valence-electron chi connectivity index (χ0n) is 13.9. The number of aromatic nitrogens is 6. The van der Waals surface area contributed by atoms with E-state index in [1.54, 1.807) is 12.4 Å². The first-order chi connectivity index (χ1) is 12.3. The lowest BCUT2D eigenvalue weighted by Gasteiger charge is -2.06. The fourth-order valence-electron chi connectivity index (χ4n) is 2.76. The summed E-state index contributed by atoms with van der Waals surface area (Å²) in [5, 5.41) is 4.09. The van der Waals surface area contributed by atoms with Gasteiger partial charge in [-0.25, -0.2) is 9.97 Å². The van der Waals surface area contributed by atoms with E-state index < -0.39 is 0 Å². The molecule has 0 saturated heterocycles. The summed E-state index contributed by atoms with van der Waals surface area (Å²) in [5.74, 6) is 2.86. The average Bonchev–Trinajstić information content (AvgIpc) is 3.36.